The molecule has 0 aromatic rings. The van der Waals surface area contributed by atoms with E-state index in [1.54, 1.807) is 9.80 Å². The lowest BCUT2D eigenvalue weighted by atomic mass is 9.99. The first-order valence-corrected chi connectivity index (χ1v) is 19.8. The van der Waals surface area contributed by atoms with Gasteiger partial charge >= 0.3 is 17.9 Å². The minimum atomic E-state index is -1.13. The molecule has 0 amide bonds. The van der Waals surface area contributed by atoms with Crippen molar-refractivity contribution in [3.8, 4) is 0 Å². The van der Waals surface area contributed by atoms with Crippen molar-refractivity contribution in [2.24, 2.45) is 0 Å². The Hall–Kier alpha value is -0.380. The molecule has 0 bridgehead atoms. The van der Waals surface area contributed by atoms with E-state index in [0.717, 1.165) is 12.2 Å². The van der Waals surface area contributed by atoms with E-state index in [1.807, 2.05) is 16.7 Å². The Kier molecular flexibility index (Phi) is 22.9. The summed E-state index contributed by atoms with van der Waals surface area (Å²) in [5.74, 6) is 0.0624. The summed E-state index contributed by atoms with van der Waals surface area (Å²) in [6, 6.07) is 0. The molecule has 1 rings (SSSR count). The minimum absolute atomic E-state index is 0.00540. The number of esters is 3. The number of hydrogen-bond donors (Lipinski definition) is 0. The molecular weight excluding hydrogens is 687 g/mol. The van der Waals surface area contributed by atoms with Crippen LogP contribution in [-0.2, 0) is 38.2 Å². The fraction of sp³-hybridized carbons (Fsp3) is 0.833. The lowest BCUT2D eigenvalue weighted by Crippen LogP contribution is -2.44. The monoisotopic (exact) mass is 749 g/mol. The van der Waals surface area contributed by atoms with Gasteiger partial charge in [-0.3, -0.25) is 33.8 Å². The molecule has 46 heavy (non-hydrogen) atoms. The van der Waals surface area contributed by atoms with E-state index < -0.39 is 36.9 Å². The van der Waals surface area contributed by atoms with E-state index in [-0.39, 0.29) is 63.8 Å². The molecule has 1 saturated carbocycles. The topological polar surface area (TPSA) is 123 Å². The smallest absolute Gasteiger partial charge is 0.320 e. The number of Topliss-reactive ketones (excluding diaryl/α,β-unsaturated/α-hetero) is 2. The van der Waals surface area contributed by atoms with Gasteiger partial charge in [-0.15, -0.1) is 0 Å². The van der Waals surface area contributed by atoms with Gasteiger partial charge in [-0.1, -0.05) is 41.1 Å². The first kappa shape index (κ1) is 38.4. The summed E-state index contributed by atoms with van der Waals surface area (Å²) in [4.78, 5) is 67.0. The third-order valence-electron chi connectivity index (χ3n) is 7.16. The van der Waals surface area contributed by atoms with Gasteiger partial charge in [0.15, 0.2) is 0 Å². The van der Waals surface area contributed by atoms with E-state index in [1.165, 1.54) is 38.4 Å². The maximum Gasteiger partial charge on any atom is 0.320 e. The highest BCUT2D eigenvalue weighted by Crippen LogP contribution is 2.40. The summed E-state index contributed by atoms with van der Waals surface area (Å²) in [5.41, 5.74) is 0. The van der Waals surface area contributed by atoms with Crippen molar-refractivity contribution in [2.45, 2.75) is 69.3 Å². The van der Waals surface area contributed by atoms with Crippen LogP contribution in [0.2, 0.25) is 0 Å². The third kappa shape index (κ3) is 21.6. The van der Waals surface area contributed by atoms with Gasteiger partial charge in [-0.25, -0.2) is 0 Å². The molecule has 0 spiro atoms. The van der Waals surface area contributed by atoms with Gasteiger partial charge in [0.25, 0.3) is 0 Å². The summed E-state index contributed by atoms with van der Waals surface area (Å²) in [6.07, 6.45) is 2.68. The standard InChI is InChI=1S/C30H56N3O8P3S2/c1-3-4-15-45-26-7-8-27(26)46-16-5-6-25(35)18-33(20-30(38)41-23-44)14-12-31(10-9-28(36)39-21-42)11-13-32(17-24(2)34)19-29(37)40-22-43/h26-27H,3-23,42-44H2,1-2H3/i21T,22T,23T. The fourth-order valence-electron chi connectivity index (χ4n) is 4.65. The zero-order valence-corrected chi connectivity index (χ0v) is 32.4. The van der Waals surface area contributed by atoms with Crippen molar-refractivity contribution in [3.05, 3.63) is 0 Å². The molecular formula is C30H56N3O8P3S2. The van der Waals surface area contributed by atoms with Crippen LogP contribution in [0.15, 0.2) is 0 Å². The first-order chi connectivity index (χ1) is 23.2. The average molecular weight is 750 g/mol. The summed E-state index contributed by atoms with van der Waals surface area (Å²) in [5, 5.41) is 1.36. The van der Waals surface area contributed by atoms with E-state index in [0.29, 0.717) is 30.0 Å². The van der Waals surface area contributed by atoms with E-state index >= 15 is 0 Å². The molecule has 0 aliphatic heterocycles. The number of ketones is 2. The molecule has 0 aromatic heterocycles. The van der Waals surface area contributed by atoms with Crippen molar-refractivity contribution in [3.63, 3.8) is 0 Å². The molecule has 8 atom stereocenters. The van der Waals surface area contributed by atoms with Gasteiger partial charge in [0.1, 0.15) is 30.5 Å². The molecule has 11 nitrogen and oxygen atoms in total. The number of unbranched alkanes of at least 4 members (excludes halogenated alkanes) is 1. The zero-order chi connectivity index (χ0) is 36.8. The normalized spacial score (nSPS) is 19.0. The molecule has 0 aromatic carbocycles. The largest absolute Gasteiger partial charge is 0.462 e. The summed E-state index contributed by atoms with van der Waals surface area (Å²) >= 11 is 4.01. The summed E-state index contributed by atoms with van der Waals surface area (Å²) in [7, 11) is 6.21. The molecule has 1 aliphatic rings. The number of carbonyl (C=O) groups excluding carboxylic acids is 5. The minimum Gasteiger partial charge on any atom is -0.462 e. The van der Waals surface area contributed by atoms with Crippen molar-refractivity contribution in [1.82, 2.24) is 14.7 Å². The third-order valence-corrected chi connectivity index (χ3v) is 10.8. The van der Waals surface area contributed by atoms with E-state index in [4.69, 9.17) is 18.3 Å². The van der Waals surface area contributed by atoms with Gasteiger partial charge < -0.3 is 19.1 Å². The zero-order valence-electron chi connectivity index (χ0n) is 30.3. The number of hydrogen-bond acceptors (Lipinski definition) is 13. The number of nitrogens with zero attached hydrogens (tertiary/aromatic N) is 3. The second kappa shape index (κ2) is 27.4. The highest BCUT2D eigenvalue weighted by atomic mass is 32.2. The summed E-state index contributed by atoms with van der Waals surface area (Å²) < 4.78 is 37.3. The van der Waals surface area contributed by atoms with Crippen LogP contribution in [0.5, 0.6) is 0 Å². The van der Waals surface area contributed by atoms with Gasteiger partial charge in [-0.05, 0) is 44.1 Å². The van der Waals surface area contributed by atoms with Crippen LogP contribution in [0.3, 0.4) is 0 Å². The second-order valence-corrected chi connectivity index (χ2v) is 14.5. The Morgan fingerprint density at radius 3 is 1.63 bits per heavy atom. The number of ether oxygens (including phenoxy) is 3. The van der Waals surface area contributed by atoms with Crippen LogP contribution < -0.4 is 0 Å². The van der Waals surface area contributed by atoms with Crippen LogP contribution in [0.4, 0.5) is 0 Å². The molecule has 0 radical (unpaired) electrons. The molecule has 1 aliphatic carbocycles. The molecule has 0 heterocycles. The van der Waals surface area contributed by atoms with Crippen molar-refractivity contribution in [2.75, 3.05) is 89.4 Å². The Labute approximate surface area is 295 Å². The number of rotatable bonds is 29. The van der Waals surface area contributed by atoms with Crippen molar-refractivity contribution < 1.29 is 42.3 Å². The molecule has 266 valence electrons. The maximum absolute atomic E-state index is 13.0. The van der Waals surface area contributed by atoms with Crippen molar-refractivity contribution in [1.29, 1.82) is 0 Å². The lowest BCUT2D eigenvalue weighted by Gasteiger charge is -2.35. The van der Waals surface area contributed by atoms with Crippen LogP contribution in [0.25, 0.3) is 0 Å². The molecule has 8 unspecified atom stereocenters. The van der Waals surface area contributed by atoms with Crippen LogP contribution in [0.1, 0.15) is 62.9 Å². The van der Waals surface area contributed by atoms with Crippen molar-refractivity contribution >= 4 is 80.7 Å². The molecule has 1 fully saturated rings. The van der Waals surface area contributed by atoms with Gasteiger partial charge in [0.05, 0.1) is 36.7 Å². The van der Waals surface area contributed by atoms with Crippen LogP contribution in [-0.4, -0.2) is 144 Å². The highest BCUT2D eigenvalue weighted by Gasteiger charge is 2.31. The van der Waals surface area contributed by atoms with Gasteiger partial charge in [0, 0.05) is 49.6 Å². The number of thioether (sulfide) groups is 2. The highest BCUT2D eigenvalue weighted by molar-refractivity contribution is 8.03. The van der Waals surface area contributed by atoms with Crippen LogP contribution >= 0.6 is 51.2 Å². The molecule has 0 saturated heterocycles. The predicted octanol–water partition coefficient (Wildman–Crippen LogP) is 3.15. The Balaban J connectivity index is 2.85. The Bertz CT molecular complexity index is 1030. The first-order valence-electron chi connectivity index (χ1n) is 17.4. The van der Waals surface area contributed by atoms with E-state index in [9.17, 15) is 24.0 Å². The maximum atomic E-state index is 13.0. The summed E-state index contributed by atoms with van der Waals surface area (Å²) in [6.45, 7) is 4.56. The van der Waals surface area contributed by atoms with Gasteiger partial charge in [-0.2, -0.15) is 23.5 Å². The predicted molar refractivity (Wildman–Crippen MR) is 197 cm³/mol. The Morgan fingerprint density at radius 1 is 0.674 bits per heavy atom. The molecule has 16 heteroatoms. The SMILES string of the molecule is [3H]C(P)OC(=O)CCN(CCN(CC(C)=O)CC(=O)OC([3H])P)CCN(CC(=O)CCCSC1CCC1SCCCC)CC(=O)OC([3H])P. The van der Waals surface area contributed by atoms with Crippen LogP contribution in [0, 0.1) is 0 Å². The van der Waals surface area contributed by atoms with E-state index in [2.05, 4.69) is 46.4 Å². The lowest BCUT2D eigenvalue weighted by molar-refractivity contribution is -0.144. The second-order valence-electron chi connectivity index (χ2n) is 11.0. The Morgan fingerprint density at radius 2 is 1.15 bits per heavy atom. The fourth-order valence-corrected chi connectivity index (χ4v) is 8.26. The quantitative estimate of drug-likeness (QED) is 0.0483. The van der Waals surface area contributed by atoms with Gasteiger partial charge in [0.2, 0.25) is 0 Å². The molecule has 0 N–H and O–H groups in total. The number of carbonyl (C=O) groups is 5. The average Bonchev–Trinajstić information content (AvgIpc) is 2.96.